The van der Waals surface area contributed by atoms with Crippen molar-refractivity contribution in [1.29, 1.82) is 5.41 Å². The largest absolute Gasteiger partial charge is 0.480 e. The standard InChI is InChI=1S/C24H34N4O4/c1-16-13-28(14-17(2)31-16)24(25)20-5-3-19(4-6-20)22-12-21(32-26-22)11-18-7-9-27(10-8-18)15-23(29)30/h3-6,16-18,21,25H,7-15H2,1-2H3,(H,29,30). The predicted octanol–water partition coefficient (Wildman–Crippen LogP) is 2.80. The van der Waals surface area contributed by atoms with E-state index < -0.39 is 5.97 Å². The Balaban J connectivity index is 1.26. The van der Waals surface area contributed by atoms with Gasteiger partial charge >= 0.3 is 5.97 Å². The molecule has 0 radical (unpaired) electrons. The number of nitrogens with zero attached hydrogens (tertiary/aromatic N) is 3. The molecule has 0 saturated carbocycles. The molecule has 3 aliphatic heterocycles. The Bertz CT molecular complexity index is 838. The molecule has 0 spiro atoms. The maximum absolute atomic E-state index is 10.9. The monoisotopic (exact) mass is 442 g/mol. The molecule has 8 nitrogen and oxygen atoms in total. The summed E-state index contributed by atoms with van der Waals surface area (Å²) in [6, 6.07) is 8.06. The van der Waals surface area contributed by atoms with Gasteiger partial charge in [-0.1, -0.05) is 29.4 Å². The number of nitrogens with one attached hydrogen (secondary N) is 1. The fourth-order valence-corrected chi connectivity index (χ4v) is 5.03. The van der Waals surface area contributed by atoms with Crippen molar-refractivity contribution in [2.75, 3.05) is 32.7 Å². The molecule has 1 aromatic rings. The average molecular weight is 443 g/mol. The Kier molecular flexibility index (Phi) is 7.10. The number of carbonyl (C=O) groups is 1. The van der Waals surface area contributed by atoms with Gasteiger partial charge in [0.05, 0.1) is 24.5 Å². The van der Waals surface area contributed by atoms with Crippen LogP contribution < -0.4 is 0 Å². The summed E-state index contributed by atoms with van der Waals surface area (Å²) in [7, 11) is 0. The SMILES string of the molecule is CC1CN(C(=N)c2ccc(C3=NOC(CC4CCN(CC(=O)O)CC4)C3)cc2)CC(C)O1. The van der Waals surface area contributed by atoms with Crippen LogP contribution in [0.4, 0.5) is 0 Å². The van der Waals surface area contributed by atoms with Crippen LogP contribution in [0.3, 0.4) is 0 Å². The van der Waals surface area contributed by atoms with Crippen LogP contribution in [-0.4, -0.2) is 83.5 Å². The van der Waals surface area contributed by atoms with Crippen molar-refractivity contribution in [3.63, 3.8) is 0 Å². The average Bonchev–Trinajstić information content (AvgIpc) is 3.22. The second-order valence-electron chi connectivity index (χ2n) is 9.41. The number of rotatable bonds is 6. The number of aliphatic carboxylic acids is 1. The molecule has 1 aromatic carbocycles. The lowest BCUT2D eigenvalue weighted by molar-refractivity contribution is -0.138. The summed E-state index contributed by atoms with van der Waals surface area (Å²) in [6.45, 7) is 7.39. The summed E-state index contributed by atoms with van der Waals surface area (Å²) in [4.78, 5) is 20.7. The van der Waals surface area contributed by atoms with Gasteiger partial charge in [0.25, 0.3) is 0 Å². The van der Waals surface area contributed by atoms with E-state index in [1.54, 1.807) is 0 Å². The highest BCUT2D eigenvalue weighted by Gasteiger charge is 2.29. The fraction of sp³-hybridized carbons (Fsp3) is 0.625. The number of hydrogen-bond acceptors (Lipinski definition) is 6. The lowest BCUT2D eigenvalue weighted by Gasteiger charge is -2.36. The molecule has 4 rings (SSSR count). The highest BCUT2D eigenvalue weighted by atomic mass is 16.6. The van der Waals surface area contributed by atoms with Gasteiger partial charge in [0.1, 0.15) is 11.9 Å². The predicted molar refractivity (Wildman–Crippen MR) is 122 cm³/mol. The van der Waals surface area contributed by atoms with E-state index in [0.29, 0.717) is 11.8 Å². The van der Waals surface area contributed by atoms with Crippen molar-refractivity contribution in [3.8, 4) is 0 Å². The minimum absolute atomic E-state index is 0.0929. The second kappa shape index (κ2) is 10.0. The summed E-state index contributed by atoms with van der Waals surface area (Å²) in [6.07, 6.45) is 4.13. The third-order valence-electron chi connectivity index (χ3n) is 6.62. The number of carboxylic acid groups (broad SMARTS) is 1. The zero-order valence-electron chi connectivity index (χ0n) is 19.0. The van der Waals surface area contributed by atoms with Crippen molar-refractivity contribution in [3.05, 3.63) is 35.4 Å². The Morgan fingerprint density at radius 1 is 1.16 bits per heavy atom. The molecule has 0 aliphatic carbocycles. The topological polar surface area (TPSA) is 98.5 Å². The van der Waals surface area contributed by atoms with E-state index in [4.69, 9.17) is 20.1 Å². The highest BCUT2D eigenvalue weighted by Crippen LogP contribution is 2.28. The Morgan fingerprint density at radius 2 is 1.81 bits per heavy atom. The smallest absolute Gasteiger partial charge is 0.317 e. The molecule has 0 aromatic heterocycles. The van der Waals surface area contributed by atoms with Gasteiger partial charge in [0, 0.05) is 25.1 Å². The van der Waals surface area contributed by atoms with Gasteiger partial charge in [-0.25, -0.2) is 0 Å². The third kappa shape index (κ3) is 5.66. The molecule has 3 aliphatic rings. The molecule has 0 amide bonds. The van der Waals surface area contributed by atoms with E-state index in [0.717, 1.165) is 68.7 Å². The van der Waals surface area contributed by atoms with E-state index in [9.17, 15) is 4.79 Å². The number of amidine groups is 1. The van der Waals surface area contributed by atoms with Gasteiger partial charge in [-0.2, -0.15) is 0 Å². The third-order valence-corrected chi connectivity index (χ3v) is 6.62. The molecule has 3 atom stereocenters. The molecule has 8 heteroatoms. The van der Waals surface area contributed by atoms with Crippen molar-refractivity contribution < 1.29 is 19.5 Å². The van der Waals surface area contributed by atoms with Crippen LogP contribution in [0, 0.1) is 11.3 Å². The quantitative estimate of drug-likeness (QED) is 0.519. The first-order valence-electron chi connectivity index (χ1n) is 11.6. The van der Waals surface area contributed by atoms with Gasteiger partial charge in [0.2, 0.25) is 0 Å². The van der Waals surface area contributed by atoms with Crippen LogP contribution in [0.1, 0.15) is 50.7 Å². The highest BCUT2D eigenvalue weighted by molar-refractivity contribution is 6.02. The molecule has 174 valence electrons. The molecule has 2 N–H and O–H groups in total. The summed E-state index contributed by atoms with van der Waals surface area (Å²) in [5, 5.41) is 21.9. The Morgan fingerprint density at radius 3 is 2.44 bits per heavy atom. The number of morpholine rings is 1. The maximum atomic E-state index is 10.9. The van der Waals surface area contributed by atoms with Gasteiger partial charge in [-0.3, -0.25) is 15.1 Å². The zero-order chi connectivity index (χ0) is 22.7. The minimum Gasteiger partial charge on any atom is -0.480 e. The van der Waals surface area contributed by atoms with Crippen LogP contribution in [0.25, 0.3) is 0 Å². The second-order valence-corrected chi connectivity index (χ2v) is 9.41. The van der Waals surface area contributed by atoms with E-state index >= 15 is 0 Å². The molecular weight excluding hydrogens is 408 g/mol. The Labute approximate surface area is 189 Å². The number of piperidine rings is 1. The fourth-order valence-electron chi connectivity index (χ4n) is 5.03. The van der Waals surface area contributed by atoms with Crippen molar-refractivity contribution in [2.24, 2.45) is 11.1 Å². The molecule has 3 unspecified atom stereocenters. The van der Waals surface area contributed by atoms with Crippen LogP contribution >= 0.6 is 0 Å². The normalized spacial score (nSPS) is 27.1. The van der Waals surface area contributed by atoms with Crippen LogP contribution in [0.15, 0.2) is 29.4 Å². The van der Waals surface area contributed by atoms with Gasteiger partial charge in [-0.15, -0.1) is 0 Å². The number of ether oxygens (including phenoxy) is 1. The van der Waals surface area contributed by atoms with Crippen molar-refractivity contribution >= 4 is 17.5 Å². The lowest BCUT2D eigenvalue weighted by Crippen LogP contribution is -2.48. The first-order valence-corrected chi connectivity index (χ1v) is 11.6. The molecule has 2 fully saturated rings. The zero-order valence-corrected chi connectivity index (χ0v) is 19.0. The number of likely N-dealkylation sites (tertiary alicyclic amines) is 1. The number of oxime groups is 1. The molecule has 3 heterocycles. The maximum Gasteiger partial charge on any atom is 0.317 e. The summed E-state index contributed by atoms with van der Waals surface area (Å²) in [5.41, 5.74) is 2.91. The van der Waals surface area contributed by atoms with Gasteiger partial charge < -0.3 is 19.6 Å². The van der Waals surface area contributed by atoms with Crippen LogP contribution in [0.2, 0.25) is 0 Å². The summed E-state index contributed by atoms with van der Waals surface area (Å²) < 4.78 is 5.78. The van der Waals surface area contributed by atoms with E-state index in [2.05, 4.69) is 10.1 Å². The van der Waals surface area contributed by atoms with Gasteiger partial charge in [0.15, 0.2) is 0 Å². The molecule has 32 heavy (non-hydrogen) atoms. The van der Waals surface area contributed by atoms with E-state index in [-0.39, 0.29) is 24.9 Å². The molecule has 0 bridgehead atoms. The molecule has 2 saturated heterocycles. The van der Waals surface area contributed by atoms with Gasteiger partial charge in [-0.05, 0) is 57.7 Å². The number of benzene rings is 1. The first kappa shape index (κ1) is 22.7. The van der Waals surface area contributed by atoms with Crippen LogP contribution in [0.5, 0.6) is 0 Å². The van der Waals surface area contributed by atoms with Crippen LogP contribution in [-0.2, 0) is 14.4 Å². The molecular formula is C24H34N4O4. The lowest BCUT2D eigenvalue weighted by atomic mass is 9.89. The summed E-state index contributed by atoms with van der Waals surface area (Å²) in [5.74, 6) is 0.340. The first-order chi connectivity index (χ1) is 15.4. The summed E-state index contributed by atoms with van der Waals surface area (Å²) >= 11 is 0. The van der Waals surface area contributed by atoms with E-state index in [1.165, 1.54) is 0 Å². The van der Waals surface area contributed by atoms with E-state index in [1.807, 2.05) is 43.0 Å². The number of carboxylic acids is 1. The minimum atomic E-state index is -0.754. The van der Waals surface area contributed by atoms with Crippen molar-refractivity contribution in [1.82, 2.24) is 9.80 Å². The van der Waals surface area contributed by atoms with Crippen molar-refractivity contribution in [2.45, 2.75) is 57.8 Å². The Hall–Kier alpha value is -2.45. The number of hydrogen-bond donors (Lipinski definition) is 2.